The molecule has 0 unspecified atom stereocenters. The average molecular weight is 402 g/mol. The van der Waals surface area contributed by atoms with Gasteiger partial charge in [0.25, 0.3) is 5.91 Å². The van der Waals surface area contributed by atoms with Crippen LogP contribution in [0.15, 0.2) is 59.5 Å². The third kappa shape index (κ3) is 4.50. The summed E-state index contributed by atoms with van der Waals surface area (Å²) in [7, 11) is -3.64. The lowest BCUT2D eigenvalue weighted by molar-refractivity contribution is -0.124. The largest absolute Gasteiger partial charge is 0.399 e. The van der Waals surface area contributed by atoms with Crippen LogP contribution in [0.2, 0.25) is 0 Å². The van der Waals surface area contributed by atoms with Crippen molar-refractivity contribution < 1.29 is 18.4 Å². The lowest BCUT2D eigenvalue weighted by atomic mass is 10.2. The fourth-order valence-corrected chi connectivity index (χ4v) is 4.52. The van der Waals surface area contributed by atoms with E-state index in [1.165, 1.54) is 28.0 Å². The fourth-order valence-electron chi connectivity index (χ4n) is 3.05. The van der Waals surface area contributed by atoms with E-state index in [0.29, 0.717) is 37.4 Å². The van der Waals surface area contributed by atoms with Gasteiger partial charge in [-0.15, -0.1) is 0 Å². The molecule has 8 nitrogen and oxygen atoms in total. The van der Waals surface area contributed by atoms with Crippen molar-refractivity contribution in [1.82, 2.24) is 9.79 Å². The SMILES string of the molecule is Nc1cccc(N2CCN(S(=O)(=O)c3cccc(/C=C/C(=O)NO)c3)CC2)c1. The predicted octanol–water partition coefficient (Wildman–Crippen LogP) is 1.30. The van der Waals surface area contributed by atoms with Gasteiger partial charge in [0.15, 0.2) is 0 Å². The molecule has 9 heteroatoms. The molecule has 3 rings (SSSR count). The highest BCUT2D eigenvalue weighted by atomic mass is 32.2. The third-order valence-corrected chi connectivity index (χ3v) is 6.40. The van der Waals surface area contributed by atoms with Crippen molar-refractivity contribution in [2.45, 2.75) is 4.90 Å². The van der Waals surface area contributed by atoms with Gasteiger partial charge in [-0.3, -0.25) is 10.0 Å². The third-order valence-electron chi connectivity index (χ3n) is 4.51. The van der Waals surface area contributed by atoms with E-state index in [9.17, 15) is 13.2 Å². The molecule has 1 saturated heterocycles. The van der Waals surface area contributed by atoms with Crippen molar-refractivity contribution in [3.8, 4) is 0 Å². The molecule has 2 aromatic carbocycles. The molecule has 1 aliphatic rings. The van der Waals surface area contributed by atoms with Gasteiger partial charge in [0, 0.05) is 43.6 Å². The highest BCUT2D eigenvalue weighted by Gasteiger charge is 2.28. The minimum Gasteiger partial charge on any atom is -0.399 e. The number of piperazine rings is 1. The maximum atomic E-state index is 13.0. The van der Waals surface area contributed by atoms with Gasteiger partial charge in [0.05, 0.1) is 4.90 Å². The molecule has 28 heavy (non-hydrogen) atoms. The summed E-state index contributed by atoms with van der Waals surface area (Å²) in [6.07, 6.45) is 2.55. The molecule has 0 aromatic heterocycles. The van der Waals surface area contributed by atoms with Crippen LogP contribution in [0.25, 0.3) is 6.08 Å². The van der Waals surface area contributed by atoms with Gasteiger partial charge >= 0.3 is 0 Å². The Labute approximate surface area is 163 Å². The molecule has 148 valence electrons. The molecule has 1 fully saturated rings. The number of carbonyl (C=O) groups excluding carboxylic acids is 1. The Morgan fingerprint density at radius 1 is 1.07 bits per heavy atom. The van der Waals surface area contributed by atoms with E-state index in [1.807, 2.05) is 24.3 Å². The summed E-state index contributed by atoms with van der Waals surface area (Å²) in [4.78, 5) is 13.4. The summed E-state index contributed by atoms with van der Waals surface area (Å²) in [5, 5.41) is 8.52. The minimum atomic E-state index is -3.64. The number of nitrogens with two attached hydrogens (primary N) is 1. The lowest BCUT2D eigenvalue weighted by Gasteiger charge is -2.35. The lowest BCUT2D eigenvalue weighted by Crippen LogP contribution is -2.48. The van der Waals surface area contributed by atoms with Gasteiger partial charge in [-0.25, -0.2) is 13.9 Å². The van der Waals surface area contributed by atoms with Crippen molar-refractivity contribution in [1.29, 1.82) is 0 Å². The first-order chi connectivity index (χ1) is 13.4. The number of benzene rings is 2. The summed E-state index contributed by atoms with van der Waals surface area (Å²) in [6.45, 7) is 1.87. The number of hydroxylamine groups is 1. The molecule has 0 aliphatic carbocycles. The summed E-state index contributed by atoms with van der Waals surface area (Å²) < 4.78 is 27.4. The first kappa shape index (κ1) is 19.9. The molecule has 0 radical (unpaired) electrons. The topological polar surface area (TPSA) is 116 Å². The minimum absolute atomic E-state index is 0.163. The van der Waals surface area contributed by atoms with E-state index in [1.54, 1.807) is 12.1 Å². The molecular weight excluding hydrogens is 380 g/mol. The van der Waals surface area contributed by atoms with Crippen molar-refractivity contribution in [2.24, 2.45) is 0 Å². The van der Waals surface area contributed by atoms with E-state index in [0.717, 1.165) is 11.8 Å². The molecule has 1 aliphatic heterocycles. The Kier molecular flexibility index (Phi) is 5.98. The number of rotatable bonds is 5. The Bertz CT molecular complexity index is 983. The van der Waals surface area contributed by atoms with Crippen LogP contribution in [0.1, 0.15) is 5.56 Å². The molecule has 2 aromatic rings. The highest BCUT2D eigenvalue weighted by Crippen LogP contribution is 2.23. The second-order valence-electron chi connectivity index (χ2n) is 6.37. The second-order valence-corrected chi connectivity index (χ2v) is 8.31. The Balaban J connectivity index is 1.72. The monoisotopic (exact) mass is 402 g/mol. The summed E-state index contributed by atoms with van der Waals surface area (Å²) in [6, 6.07) is 13.9. The zero-order valence-corrected chi connectivity index (χ0v) is 16.0. The van der Waals surface area contributed by atoms with Gasteiger partial charge in [-0.2, -0.15) is 4.31 Å². The van der Waals surface area contributed by atoms with Crippen LogP contribution < -0.4 is 16.1 Å². The first-order valence-electron chi connectivity index (χ1n) is 8.73. The second kappa shape index (κ2) is 8.42. The van der Waals surface area contributed by atoms with Crippen molar-refractivity contribution >= 4 is 33.4 Å². The summed E-state index contributed by atoms with van der Waals surface area (Å²) in [5.74, 6) is -0.689. The smallest absolute Gasteiger partial charge is 0.267 e. The van der Waals surface area contributed by atoms with E-state index >= 15 is 0 Å². The van der Waals surface area contributed by atoms with Gasteiger partial charge in [-0.1, -0.05) is 18.2 Å². The molecule has 0 spiro atoms. The zero-order valence-electron chi connectivity index (χ0n) is 15.2. The van der Waals surface area contributed by atoms with Crippen molar-refractivity contribution in [2.75, 3.05) is 36.8 Å². The number of nitrogens with zero attached hydrogens (tertiary/aromatic N) is 2. The fraction of sp³-hybridized carbons (Fsp3) is 0.211. The van der Waals surface area contributed by atoms with Crippen molar-refractivity contribution in [3.63, 3.8) is 0 Å². The molecular formula is C19H22N4O4S. The van der Waals surface area contributed by atoms with E-state index in [-0.39, 0.29) is 4.90 Å². The molecule has 0 atom stereocenters. The number of nitrogens with one attached hydrogen (secondary N) is 1. The van der Waals surface area contributed by atoms with E-state index in [4.69, 9.17) is 10.9 Å². The highest BCUT2D eigenvalue weighted by molar-refractivity contribution is 7.89. The molecule has 0 bridgehead atoms. The summed E-state index contributed by atoms with van der Waals surface area (Å²) >= 11 is 0. The molecule has 1 amide bonds. The Hall–Kier alpha value is -2.88. The number of amides is 1. The quantitative estimate of drug-likeness (QED) is 0.300. The molecule has 1 heterocycles. The average Bonchev–Trinajstić information content (AvgIpc) is 2.72. The van der Waals surface area contributed by atoms with Gasteiger partial charge in [0.1, 0.15) is 0 Å². The first-order valence-corrected chi connectivity index (χ1v) is 10.2. The number of anilines is 2. The summed E-state index contributed by atoms with van der Waals surface area (Å²) in [5.41, 5.74) is 9.51. The van der Waals surface area contributed by atoms with Crippen LogP contribution in [0.4, 0.5) is 11.4 Å². The number of hydrogen-bond donors (Lipinski definition) is 3. The standard InChI is InChI=1S/C19H22N4O4S/c20-16-4-2-5-17(14-16)22-9-11-23(12-10-22)28(26,27)18-6-1-3-15(13-18)7-8-19(24)21-25/h1-8,13-14,25H,9-12,20H2,(H,21,24)/b8-7+. The van der Waals surface area contributed by atoms with Crippen LogP contribution in [-0.2, 0) is 14.8 Å². The van der Waals surface area contributed by atoms with Crippen LogP contribution in [0.3, 0.4) is 0 Å². The number of nitrogen functional groups attached to an aromatic ring is 1. The molecule has 0 saturated carbocycles. The maximum absolute atomic E-state index is 13.0. The number of hydrogen-bond acceptors (Lipinski definition) is 6. The van der Waals surface area contributed by atoms with E-state index in [2.05, 4.69) is 4.90 Å². The van der Waals surface area contributed by atoms with Gasteiger partial charge in [0.2, 0.25) is 10.0 Å². The zero-order chi connectivity index (χ0) is 20.1. The molecule has 4 N–H and O–H groups in total. The van der Waals surface area contributed by atoms with Gasteiger partial charge < -0.3 is 10.6 Å². The van der Waals surface area contributed by atoms with Crippen LogP contribution in [0.5, 0.6) is 0 Å². The van der Waals surface area contributed by atoms with Crippen LogP contribution in [-0.4, -0.2) is 50.0 Å². The Morgan fingerprint density at radius 3 is 2.46 bits per heavy atom. The van der Waals surface area contributed by atoms with Gasteiger partial charge in [-0.05, 0) is 42.0 Å². The van der Waals surface area contributed by atoms with E-state index < -0.39 is 15.9 Å². The Morgan fingerprint density at radius 2 is 1.79 bits per heavy atom. The normalized spacial score (nSPS) is 15.7. The number of sulfonamides is 1. The van der Waals surface area contributed by atoms with Crippen molar-refractivity contribution in [3.05, 3.63) is 60.2 Å². The van der Waals surface area contributed by atoms with Crippen LogP contribution in [0, 0.1) is 0 Å². The van der Waals surface area contributed by atoms with Crippen LogP contribution >= 0.6 is 0 Å². The predicted molar refractivity (Wildman–Crippen MR) is 107 cm³/mol. The maximum Gasteiger partial charge on any atom is 0.267 e. The number of carbonyl (C=O) groups is 1.